The van der Waals surface area contributed by atoms with Crippen LogP contribution in [0.4, 0.5) is 0 Å². The minimum Gasteiger partial charge on any atom is -0.508 e. The Kier molecular flexibility index (Phi) is 22.7. The summed E-state index contributed by atoms with van der Waals surface area (Å²) in [6.07, 6.45) is 12.7. The van der Waals surface area contributed by atoms with Gasteiger partial charge in [0.15, 0.2) is 40.8 Å². The van der Waals surface area contributed by atoms with Crippen LogP contribution >= 0.6 is 0 Å². The predicted molar refractivity (Wildman–Crippen MR) is 221 cm³/mol. The van der Waals surface area contributed by atoms with Crippen LogP contribution in [0, 0.1) is 0 Å². The van der Waals surface area contributed by atoms with E-state index in [1.54, 1.807) is 73.7 Å². The molecule has 0 heterocycles. The van der Waals surface area contributed by atoms with E-state index in [0.717, 1.165) is 23.3 Å². The third-order valence-corrected chi connectivity index (χ3v) is 7.09. The van der Waals surface area contributed by atoms with Gasteiger partial charge >= 0.3 is 5.97 Å². The molecule has 1 unspecified atom stereocenters. The fourth-order valence-corrected chi connectivity index (χ4v) is 4.21. The number of carboxylic acids is 1. The second-order valence-corrected chi connectivity index (χ2v) is 11.5. The molecule has 4 aromatic rings. The maximum absolute atomic E-state index is 10.7. The van der Waals surface area contributed by atoms with Crippen LogP contribution in [0.5, 0.6) is 40.2 Å². The molecule has 0 saturated heterocycles. The topological polar surface area (TPSA) is 258 Å². The average Bonchev–Trinajstić information content (AvgIpc) is 3.23. The molecule has 0 aliphatic carbocycles. The van der Waals surface area contributed by atoms with Gasteiger partial charge in [-0.2, -0.15) is 0 Å². The Morgan fingerprint density at radius 2 is 1.05 bits per heavy atom. The van der Waals surface area contributed by atoms with Gasteiger partial charge in [-0.15, -0.1) is 0 Å². The second-order valence-electron chi connectivity index (χ2n) is 11.5. The van der Waals surface area contributed by atoms with E-state index in [2.05, 4.69) is 0 Å². The number of hydrogen-bond acceptors (Lipinski definition) is 14. The summed E-state index contributed by atoms with van der Waals surface area (Å²) < 4.78 is 14.7. The first-order valence-corrected chi connectivity index (χ1v) is 17.1. The molecule has 0 spiro atoms. The summed E-state index contributed by atoms with van der Waals surface area (Å²) >= 11 is 0. The summed E-state index contributed by atoms with van der Waals surface area (Å²) in [6.45, 7) is 1.37. The van der Waals surface area contributed by atoms with Crippen molar-refractivity contribution in [3.8, 4) is 40.2 Å². The number of allylic oxidation sites excluding steroid dienone is 3. The lowest BCUT2D eigenvalue weighted by Crippen LogP contribution is -1.94. The van der Waals surface area contributed by atoms with Gasteiger partial charge in [0, 0.05) is 17.7 Å². The number of ketones is 1. The first-order valence-electron chi connectivity index (χ1n) is 17.1. The van der Waals surface area contributed by atoms with Crippen LogP contribution in [0.15, 0.2) is 109 Å². The van der Waals surface area contributed by atoms with Crippen LogP contribution in [0.2, 0.25) is 0 Å². The zero-order valence-electron chi connectivity index (χ0n) is 32.5. The van der Waals surface area contributed by atoms with E-state index in [1.165, 1.54) is 69.9 Å². The minimum absolute atomic E-state index is 0.0226. The summed E-state index contributed by atoms with van der Waals surface area (Å²) in [6, 6.07) is 19.0. The molecule has 8 N–H and O–H groups in total. The van der Waals surface area contributed by atoms with Crippen LogP contribution in [0.1, 0.15) is 34.7 Å². The molecule has 15 nitrogen and oxygen atoms in total. The highest BCUT2D eigenvalue weighted by Crippen LogP contribution is 2.28. The lowest BCUT2D eigenvalue weighted by atomic mass is 10.1. The van der Waals surface area contributed by atoms with Gasteiger partial charge in [0.25, 0.3) is 0 Å². The van der Waals surface area contributed by atoms with Gasteiger partial charge < -0.3 is 55.1 Å². The van der Waals surface area contributed by atoms with E-state index >= 15 is 0 Å². The van der Waals surface area contributed by atoms with Crippen LogP contribution in [-0.4, -0.2) is 92.6 Å². The number of aromatic hydroxyl groups is 4. The molecule has 0 fully saturated rings. The lowest BCUT2D eigenvalue weighted by Gasteiger charge is -2.03. The molecule has 15 heteroatoms. The number of carbonyl (C=O) groups is 4. The van der Waals surface area contributed by atoms with Gasteiger partial charge in [-0.25, -0.2) is 4.79 Å². The van der Waals surface area contributed by atoms with Gasteiger partial charge in [0.2, 0.25) is 5.78 Å². The number of aliphatic hydroxyl groups is 3. The van der Waals surface area contributed by atoms with E-state index in [0.29, 0.717) is 40.2 Å². The van der Waals surface area contributed by atoms with Gasteiger partial charge in [0.1, 0.15) is 17.8 Å². The maximum atomic E-state index is 10.7. The fraction of sp³-hybridized carbons (Fsp3) is 0.136. The average molecular weight is 815 g/mol. The Morgan fingerprint density at radius 3 is 1.46 bits per heavy atom. The van der Waals surface area contributed by atoms with E-state index in [9.17, 15) is 44.7 Å². The Hall–Kier alpha value is -7.62. The summed E-state index contributed by atoms with van der Waals surface area (Å²) in [5.41, 5.74) is 3.31. The third kappa shape index (κ3) is 19.7. The van der Waals surface area contributed by atoms with E-state index in [4.69, 9.17) is 29.5 Å². The number of phenols is 4. The highest BCUT2D eigenvalue weighted by Gasteiger charge is 2.03. The van der Waals surface area contributed by atoms with Gasteiger partial charge in [-0.3, -0.25) is 14.4 Å². The van der Waals surface area contributed by atoms with Crippen molar-refractivity contribution >= 4 is 48.6 Å². The summed E-state index contributed by atoms with van der Waals surface area (Å²) in [4.78, 5) is 41.0. The third-order valence-electron chi connectivity index (χ3n) is 7.09. The van der Waals surface area contributed by atoms with Gasteiger partial charge in [-0.1, -0.05) is 48.6 Å². The number of hydrogen-bond donors (Lipinski definition) is 8. The molecule has 0 amide bonds. The van der Waals surface area contributed by atoms with Gasteiger partial charge in [-0.05, 0) is 95.9 Å². The number of aliphatic carboxylic acids is 1. The van der Waals surface area contributed by atoms with Crippen molar-refractivity contribution in [3.05, 3.63) is 137 Å². The largest absolute Gasteiger partial charge is 0.508 e. The Bertz CT molecular complexity index is 2140. The normalized spacial score (nSPS) is 11.4. The summed E-state index contributed by atoms with van der Waals surface area (Å²) in [5.74, 6) is -0.858. The molecule has 0 saturated carbocycles. The monoisotopic (exact) mass is 814 g/mol. The smallest absolute Gasteiger partial charge is 0.328 e. The quantitative estimate of drug-likeness (QED) is 0.0238. The van der Waals surface area contributed by atoms with E-state index in [-0.39, 0.29) is 41.7 Å². The van der Waals surface area contributed by atoms with Crippen molar-refractivity contribution in [2.75, 3.05) is 21.3 Å². The van der Waals surface area contributed by atoms with E-state index < -0.39 is 17.9 Å². The van der Waals surface area contributed by atoms with Crippen molar-refractivity contribution in [2.45, 2.75) is 19.6 Å². The van der Waals surface area contributed by atoms with Crippen molar-refractivity contribution in [3.63, 3.8) is 0 Å². The standard InChI is InChI=1S/C13H12O5.C11H14O3.C10H10O4.C10H10O3/c14-7-10-5-9(2-4-13(10)18)1-3-11(16)6-12(17)8-15;1-8(12)3-4-9-5-6-10(13)11(7-9)14-2;1-14-9-6-7(2-4-8(9)11)3-5-10(12)13;1-13-10-7-8(3-2-6-11)4-5-9(10)12/h1-6,8,14,16,18H,7H2;3-8,12-13H,1-2H3;2-6,11H,1H3,(H,12,13);2-7,12H,1H3/b3-1+,11-6-;4-3+;5-3+;3-2+. The number of carbonyl (C=O) groups excluding carboxylic acids is 3. The lowest BCUT2D eigenvalue weighted by molar-refractivity contribution is -0.131. The molecule has 4 rings (SSSR count). The Labute approximate surface area is 340 Å². The Balaban J connectivity index is 0.000000396. The number of carboxylic acid groups (broad SMARTS) is 1. The van der Waals surface area contributed by atoms with Crippen LogP contribution < -0.4 is 14.2 Å². The Morgan fingerprint density at radius 1 is 0.627 bits per heavy atom. The van der Waals surface area contributed by atoms with Crippen molar-refractivity contribution in [1.29, 1.82) is 0 Å². The first kappa shape index (κ1) is 49.4. The highest BCUT2D eigenvalue weighted by molar-refractivity contribution is 6.30. The minimum atomic E-state index is -1.02. The number of rotatable bonds is 14. The molecular formula is C44H46O15. The van der Waals surface area contributed by atoms with Crippen molar-refractivity contribution < 1.29 is 74.2 Å². The molecule has 0 aliphatic rings. The summed E-state index contributed by atoms with van der Waals surface area (Å²) in [5, 5.41) is 72.8. The number of benzene rings is 4. The van der Waals surface area contributed by atoms with E-state index in [1.807, 2.05) is 0 Å². The molecule has 0 aliphatic heterocycles. The first-order chi connectivity index (χ1) is 28.1. The van der Waals surface area contributed by atoms with Crippen LogP contribution in [0.3, 0.4) is 0 Å². The number of ether oxygens (including phenoxy) is 3. The molecule has 59 heavy (non-hydrogen) atoms. The van der Waals surface area contributed by atoms with Crippen molar-refractivity contribution in [2.24, 2.45) is 0 Å². The zero-order valence-corrected chi connectivity index (χ0v) is 32.5. The molecule has 312 valence electrons. The number of aldehydes is 2. The van der Waals surface area contributed by atoms with Crippen LogP contribution in [-0.2, 0) is 25.8 Å². The fourth-order valence-electron chi connectivity index (χ4n) is 4.21. The molecule has 0 aromatic heterocycles. The van der Waals surface area contributed by atoms with Crippen molar-refractivity contribution in [1.82, 2.24) is 0 Å². The summed E-state index contributed by atoms with van der Waals surface area (Å²) in [7, 11) is 4.40. The molecule has 1 atom stereocenters. The van der Waals surface area contributed by atoms with Gasteiger partial charge in [0.05, 0.1) is 34.0 Å². The number of phenolic OH excluding ortho intramolecular Hbond substituents is 3. The second kappa shape index (κ2) is 27.1. The highest BCUT2D eigenvalue weighted by atomic mass is 16.5. The maximum Gasteiger partial charge on any atom is 0.328 e. The molecular weight excluding hydrogens is 768 g/mol. The SMILES string of the molecule is COc1cc(/C=C/C(=O)O)ccc1O.COc1cc(/C=C/C(C)O)ccc1O.COc1cc(/C=C/C=O)ccc1O.O=CC(=O)/C=C(O)/C=C/c1ccc(O)c(CO)c1. The number of methoxy groups -OCH3 is 3. The molecule has 4 aromatic carbocycles. The molecule has 0 bridgehead atoms. The van der Waals surface area contributed by atoms with Crippen LogP contribution in [0.25, 0.3) is 24.3 Å². The number of aliphatic hydroxyl groups excluding tert-OH is 3. The molecule has 0 radical (unpaired) electrons. The predicted octanol–water partition coefficient (Wildman–Crippen LogP) is 6.01. The zero-order chi connectivity index (χ0) is 44.3.